The van der Waals surface area contributed by atoms with Crippen molar-refractivity contribution < 1.29 is 9.53 Å². The van der Waals surface area contributed by atoms with Crippen molar-refractivity contribution in [2.45, 2.75) is 18.9 Å². The Labute approximate surface area is 53.2 Å². The van der Waals surface area contributed by atoms with Crippen LogP contribution in [0.15, 0.2) is 0 Å². The van der Waals surface area contributed by atoms with Gasteiger partial charge in [-0.05, 0) is 18.8 Å². The number of rotatable bonds is 0. The first kappa shape index (κ1) is 4.31. The van der Waals surface area contributed by atoms with Gasteiger partial charge in [0, 0.05) is 5.92 Å². The van der Waals surface area contributed by atoms with Gasteiger partial charge in [-0.25, -0.2) is 0 Å². The Bertz CT molecular complexity index is 187. The lowest BCUT2D eigenvalue weighted by Crippen LogP contribution is -2.07. The van der Waals surface area contributed by atoms with Crippen LogP contribution in [0.25, 0.3) is 0 Å². The molecule has 2 heteroatoms. The highest BCUT2D eigenvalue weighted by Gasteiger charge is 2.68. The molecule has 2 nitrogen and oxygen atoms in total. The van der Waals surface area contributed by atoms with Gasteiger partial charge in [0.05, 0.1) is 5.92 Å². The lowest BCUT2D eigenvalue weighted by Gasteiger charge is -2.02. The summed E-state index contributed by atoms with van der Waals surface area (Å²) < 4.78 is 5.08. The van der Waals surface area contributed by atoms with Gasteiger partial charge in [0.2, 0.25) is 0 Å². The van der Waals surface area contributed by atoms with Crippen LogP contribution in [0.1, 0.15) is 12.8 Å². The molecule has 1 aliphatic heterocycles. The Balaban J connectivity index is 2.05. The Hall–Kier alpha value is -0.530. The molecule has 1 heterocycles. The van der Waals surface area contributed by atoms with Crippen molar-refractivity contribution in [3.8, 4) is 0 Å². The molecule has 0 spiro atoms. The molecule has 9 heavy (non-hydrogen) atoms. The Morgan fingerprint density at radius 3 is 2.89 bits per heavy atom. The molecule has 48 valence electrons. The van der Waals surface area contributed by atoms with Crippen molar-refractivity contribution >= 4 is 5.97 Å². The normalized spacial score (nSPS) is 59.3. The van der Waals surface area contributed by atoms with Crippen LogP contribution in [0.4, 0.5) is 0 Å². The van der Waals surface area contributed by atoms with Gasteiger partial charge < -0.3 is 4.74 Å². The van der Waals surface area contributed by atoms with E-state index < -0.39 is 0 Å². The molecule has 3 aliphatic rings. The number of fused-ring (bicyclic) bond motifs is 1. The third-order valence-electron chi connectivity index (χ3n) is 2.98. The van der Waals surface area contributed by atoms with Crippen LogP contribution < -0.4 is 0 Å². The first-order valence-electron chi connectivity index (χ1n) is 3.58. The minimum Gasteiger partial charge on any atom is -0.462 e. The topological polar surface area (TPSA) is 26.3 Å². The second-order valence-corrected chi connectivity index (χ2v) is 3.32. The average Bonchev–Trinajstić information content (AvgIpc) is 2.34. The number of carbonyl (C=O) groups is 1. The molecule has 2 unspecified atom stereocenters. The predicted octanol–water partition coefficient (Wildman–Crippen LogP) is 0.568. The van der Waals surface area contributed by atoms with Crippen LogP contribution in [0.3, 0.4) is 0 Å². The Morgan fingerprint density at radius 2 is 2.33 bits per heavy atom. The lowest BCUT2D eigenvalue weighted by atomic mass is 10.2. The second kappa shape index (κ2) is 1.02. The molecule has 0 N–H and O–H groups in total. The van der Waals surface area contributed by atoms with Crippen molar-refractivity contribution in [3.05, 3.63) is 0 Å². The monoisotopic (exact) mass is 124 g/mol. The molecule has 3 rings (SSSR count). The fourth-order valence-electron chi connectivity index (χ4n) is 2.53. The van der Waals surface area contributed by atoms with E-state index in [2.05, 4.69) is 0 Å². The largest absolute Gasteiger partial charge is 0.462 e. The molecule has 0 aromatic rings. The van der Waals surface area contributed by atoms with Crippen molar-refractivity contribution in [1.29, 1.82) is 0 Å². The average molecular weight is 124 g/mol. The molecular weight excluding hydrogens is 116 g/mol. The summed E-state index contributed by atoms with van der Waals surface area (Å²) in [7, 11) is 0. The van der Waals surface area contributed by atoms with E-state index in [1.54, 1.807) is 0 Å². The van der Waals surface area contributed by atoms with Crippen LogP contribution >= 0.6 is 0 Å². The van der Waals surface area contributed by atoms with Gasteiger partial charge in [-0.3, -0.25) is 4.79 Å². The zero-order valence-electron chi connectivity index (χ0n) is 5.04. The first-order valence-corrected chi connectivity index (χ1v) is 3.58. The van der Waals surface area contributed by atoms with E-state index in [-0.39, 0.29) is 5.97 Å². The van der Waals surface area contributed by atoms with Gasteiger partial charge in [0.1, 0.15) is 6.10 Å². The van der Waals surface area contributed by atoms with Gasteiger partial charge in [0.15, 0.2) is 0 Å². The van der Waals surface area contributed by atoms with Crippen molar-refractivity contribution in [2.75, 3.05) is 0 Å². The summed E-state index contributed by atoms with van der Waals surface area (Å²) in [5, 5.41) is 0. The SMILES string of the molecule is O=C1O[C@H]2CCC3C2[C@H]13. The molecule has 3 fully saturated rings. The van der Waals surface area contributed by atoms with Crippen molar-refractivity contribution in [1.82, 2.24) is 0 Å². The van der Waals surface area contributed by atoms with E-state index >= 15 is 0 Å². The van der Waals surface area contributed by atoms with Crippen LogP contribution in [0, 0.1) is 17.8 Å². The minimum atomic E-state index is 0.0903. The zero-order chi connectivity index (χ0) is 6.01. The standard InChI is InChI=1S/C7H8O2/c8-7-6-3-1-2-4(9-7)5(3)6/h3-6H,1-2H2/t3?,4-,5?,6+/m0/s1. The Morgan fingerprint density at radius 1 is 1.44 bits per heavy atom. The number of ether oxygens (including phenoxy) is 1. The fraction of sp³-hybridized carbons (Fsp3) is 0.857. The summed E-state index contributed by atoms with van der Waals surface area (Å²) in [4.78, 5) is 10.9. The molecular formula is C7H8O2. The summed E-state index contributed by atoms with van der Waals surface area (Å²) in [6, 6.07) is 0. The Kier molecular flexibility index (Phi) is 0.491. The summed E-state index contributed by atoms with van der Waals surface area (Å²) in [6.07, 6.45) is 2.72. The zero-order valence-corrected chi connectivity index (χ0v) is 5.04. The van der Waals surface area contributed by atoms with Crippen molar-refractivity contribution in [2.24, 2.45) is 17.8 Å². The van der Waals surface area contributed by atoms with E-state index in [0.717, 1.165) is 12.3 Å². The maximum atomic E-state index is 10.9. The smallest absolute Gasteiger partial charge is 0.309 e. The summed E-state index contributed by atoms with van der Waals surface area (Å²) in [5.41, 5.74) is 0. The third-order valence-corrected chi connectivity index (χ3v) is 2.98. The molecule has 0 amide bonds. The molecule has 4 atom stereocenters. The van der Waals surface area contributed by atoms with Crippen LogP contribution in [-0.4, -0.2) is 12.1 Å². The quantitative estimate of drug-likeness (QED) is 0.441. The maximum Gasteiger partial charge on any atom is 0.309 e. The van der Waals surface area contributed by atoms with Gasteiger partial charge in [-0.1, -0.05) is 0 Å². The van der Waals surface area contributed by atoms with E-state index in [0.29, 0.717) is 17.9 Å². The summed E-state index contributed by atoms with van der Waals surface area (Å²) in [6.45, 7) is 0. The first-order chi connectivity index (χ1) is 4.38. The molecule has 0 aromatic heterocycles. The van der Waals surface area contributed by atoms with Crippen LogP contribution in [0.2, 0.25) is 0 Å². The number of esters is 1. The maximum absolute atomic E-state index is 10.9. The summed E-state index contributed by atoms with van der Waals surface area (Å²) >= 11 is 0. The van der Waals surface area contributed by atoms with E-state index in [9.17, 15) is 4.79 Å². The fourth-order valence-corrected chi connectivity index (χ4v) is 2.53. The molecule has 2 aliphatic carbocycles. The van der Waals surface area contributed by atoms with Crippen LogP contribution in [0.5, 0.6) is 0 Å². The third kappa shape index (κ3) is 0.319. The highest BCUT2D eigenvalue weighted by molar-refractivity contribution is 5.80. The number of hydrogen-bond donors (Lipinski definition) is 0. The van der Waals surface area contributed by atoms with Gasteiger partial charge >= 0.3 is 5.97 Å². The minimum absolute atomic E-state index is 0.0903. The molecule has 0 radical (unpaired) electrons. The predicted molar refractivity (Wildman–Crippen MR) is 29.6 cm³/mol. The van der Waals surface area contributed by atoms with Gasteiger partial charge in [-0.15, -0.1) is 0 Å². The lowest BCUT2D eigenvalue weighted by molar-refractivity contribution is -0.144. The van der Waals surface area contributed by atoms with E-state index in [4.69, 9.17) is 4.74 Å². The molecule has 2 saturated carbocycles. The van der Waals surface area contributed by atoms with Crippen molar-refractivity contribution in [3.63, 3.8) is 0 Å². The van der Waals surface area contributed by atoms with Gasteiger partial charge in [-0.2, -0.15) is 0 Å². The van der Waals surface area contributed by atoms with Gasteiger partial charge in [0.25, 0.3) is 0 Å². The van der Waals surface area contributed by atoms with E-state index in [1.165, 1.54) is 6.42 Å². The number of carbonyl (C=O) groups excluding carboxylic acids is 1. The highest BCUT2D eigenvalue weighted by Crippen LogP contribution is 2.63. The molecule has 0 bridgehead atoms. The summed E-state index contributed by atoms with van der Waals surface area (Å²) in [5.74, 6) is 1.85. The molecule has 1 saturated heterocycles. The molecule has 0 aromatic carbocycles. The second-order valence-electron chi connectivity index (χ2n) is 3.32. The highest BCUT2D eigenvalue weighted by atomic mass is 16.6. The van der Waals surface area contributed by atoms with Crippen LogP contribution in [-0.2, 0) is 9.53 Å². The van der Waals surface area contributed by atoms with E-state index in [1.807, 2.05) is 0 Å². The number of hydrogen-bond acceptors (Lipinski definition) is 2.